The average molecular weight is 205 g/mol. The van der Waals surface area contributed by atoms with Gasteiger partial charge < -0.3 is 5.11 Å². The molecule has 1 fully saturated rings. The third kappa shape index (κ3) is 3.05. The van der Waals surface area contributed by atoms with Gasteiger partial charge in [0.15, 0.2) is 0 Å². The van der Waals surface area contributed by atoms with Crippen molar-refractivity contribution in [1.82, 2.24) is 4.90 Å². The Bertz CT molecular complexity index is 278. The minimum atomic E-state index is 0.360. The summed E-state index contributed by atoms with van der Waals surface area (Å²) in [4.78, 5) is 2.47. The third-order valence-corrected chi connectivity index (χ3v) is 3.21. The van der Waals surface area contributed by atoms with Crippen molar-refractivity contribution in [3.8, 4) is 0 Å². The van der Waals surface area contributed by atoms with Crippen LogP contribution in [0.1, 0.15) is 18.4 Å². The average Bonchev–Trinajstić information content (AvgIpc) is 2.31. The van der Waals surface area contributed by atoms with Crippen LogP contribution in [0, 0.1) is 5.92 Å². The summed E-state index contributed by atoms with van der Waals surface area (Å²) in [6.07, 6.45) is 2.28. The summed E-state index contributed by atoms with van der Waals surface area (Å²) in [5.41, 5.74) is 1.39. The summed E-state index contributed by atoms with van der Waals surface area (Å²) in [6, 6.07) is 10.6. The number of hydrogen-bond donors (Lipinski definition) is 1. The Balaban J connectivity index is 1.82. The van der Waals surface area contributed by atoms with E-state index in [-0.39, 0.29) is 0 Å². The van der Waals surface area contributed by atoms with Gasteiger partial charge in [-0.05, 0) is 5.92 Å². The number of nitrogens with zero attached hydrogens (tertiary/aromatic N) is 1. The van der Waals surface area contributed by atoms with Crippen molar-refractivity contribution in [3.05, 3.63) is 35.9 Å². The van der Waals surface area contributed by atoms with Gasteiger partial charge in [-0.25, -0.2) is 0 Å². The van der Waals surface area contributed by atoms with E-state index < -0.39 is 0 Å². The summed E-state index contributed by atoms with van der Waals surface area (Å²) < 4.78 is 0. The van der Waals surface area contributed by atoms with Gasteiger partial charge in [-0.3, -0.25) is 0 Å². The zero-order chi connectivity index (χ0) is 10.5. The molecular weight excluding hydrogens is 186 g/mol. The lowest BCUT2D eigenvalue weighted by Gasteiger charge is -2.22. The predicted molar refractivity (Wildman–Crippen MR) is 61.8 cm³/mol. The highest BCUT2D eigenvalue weighted by Crippen LogP contribution is 2.16. The van der Waals surface area contributed by atoms with Crippen molar-refractivity contribution < 1.29 is 5.11 Å². The van der Waals surface area contributed by atoms with Crippen LogP contribution in [0.4, 0.5) is 0 Å². The predicted octanol–water partition coefficient (Wildman–Crippen LogP) is 1.73. The second-order valence-corrected chi connectivity index (χ2v) is 4.39. The zero-order valence-corrected chi connectivity index (χ0v) is 9.10. The fraction of sp³-hybridized carbons (Fsp3) is 0.538. The first-order valence-electron chi connectivity index (χ1n) is 5.75. The molecule has 2 nitrogen and oxygen atoms in total. The Labute approximate surface area is 91.5 Å². The molecule has 1 aliphatic heterocycles. The number of benzene rings is 1. The van der Waals surface area contributed by atoms with Crippen LogP contribution in [0.5, 0.6) is 0 Å². The number of aliphatic hydroxyl groups excluding tert-OH is 1. The summed E-state index contributed by atoms with van der Waals surface area (Å²) in [5, 5.41) is 9.05. The second-order valence-electron chi connectivity index (χ2n) is 4.39. The van der Waals surface area contributed by atoms with Crippen LogP contribution >= 0.6 is 0 Å². The molecule has 1 aromatic carbocycles. The number of hydrogen-bond acceptors (Lipinski definition) is 2. The van der Waals surface area contributed by atoms with Gasteiger partial charge in [0, 0.05) is 25.0 Å². The fourth-order valence-electron chi connectivity index (χ4n) is 2.17. The molecule has 1 heterocycles. The smallest absolute Gasteiger partial charge is 0.148 e. The maximum Gasteiger partial charge on any atom is 0.148 e. The molecule has 0 aliphatic carbocycles. The standard InChI is InChI=1S/C13H19NO/c15-11-13-6-8-14(9-7-13)10-12-4-2-1-3-5-12/h1-5,13,15H,6-11H2/q+1. The number of likely N-dealkylation sites (tertiary alicyclic amines) is 1. The van der Waals surface area contributed by atoms with Crippen LogP contribution in [0.15, 0.2) is 30.3 Å². The highest BCUT2D eigenvalue weighted by atomic mass is 16.3. The van der Waals surface area contributed by atoms with Gasteiger partial charge in [0.1, 0.15) is 19.6 Å². The Morgan fingerprint density at radius 2 is 1.80 bits per heavy atom. The fourth-order valence-corrected chi connectivity index (χ4v) is 2.17. The Hall–Kier alpha value is -0.860. The van der Waals surface area contributed by atoms with Crippen LogP contribution < -0.4 is 4.90 Å². The maximum atomic E-state index is 9.05. The molecule has 0 bridgehead atoms. The summed E-state index contributed by atoms with van der Waals surface area (Å²) in [7, 11) is 0. The topological polar surface area (TPSA) is 26.1 Å². The number of piperidine rings is 1. The molecule has 1 N–H and O–H groups in total. The molecule has 1 saturated heterocycles. The van der Waals surface area contributed by atoms with E-state index in [2.05, 4.69) is 35.2 Å². The molecule has 2 heteroatoms. The summed E-state index contributed by atoms with van der Waals surface area (Å²) in [5.74, 6) is 0.539. The zero-order valence-electron chi connectivity index (χ0n) is 9.10. The molecule has 0 aromatic heterocycles. The van der Waals surface area contributed by atoms with Gasteiger partial charge in [-0.2, -0.15) is 4.90 Å². The lowest BCUT2D eigenvalue weighted by atomic mass is 9.97. The monoisotopic (exact) mass is 205 g/mol. The van der Waals surface area contributed by atoms with E-state index >= 15 is 0 Å². The van der Waals surface area contributed by atoms with Crippen LogP contribution in [0.3, 0.4) is 0 Å². The summed E-state index contributed by atoms with van der Waals surface area (Å²) in [6.45, 7) is 3.67. The van der Waals surface area contributed by atoms with Crippen LogP contribution in [0.2, 0.25) is 0 Å². The molecular formula is C13H19NO+. The first kappa shape index (κ1) is 10.7. The lowest BCUT2D eigenvalue weighted by Crippen LogP contribution is -2.38. The molecule has 15 heavy (non-hydrogen) atoms. The highest BCUT2D eigenvalue weighted by molar-refractivity contribution is 5.14. The number of aliphatic hydroxyl groups is 1. The van der Waals surface area contributed by atoms with E-state index in [1.807, 2.05) is 0 Å². The van der Waals surface area contributed by atoms with Gasteiger partial charge in [0.2, 0.25) is 0 Å². The highest BCUT2D eigenvalue weighted by Gasteiger charge is 2.25. The summed E-state index contributed by atoms with van der Waals surface area (Å²) >= 11 is 0. The molecule has 1 aromatic rings. The van der Waals surface area contributed by atoms with Gasteiger partial charge in [-0.1, -0.05) is 30.3 Å². The van der Waals surface area contributed by atoms with E-state index in [4.69, 9.17) is 5.11 Å². The van der Waals surface area contributed by atoms with Crippen molar-refractivity contribution >= 4 is 0 Å². The number of rotatable bonds is 3. The van der Waals surface area contributed by atoms with Gasteiger partial charge in [0.25, 0.3) is 0 Å². The molecule has 1 aliphatic rings. The molecule has 0 unspecified atom stereocenters. The normalized spacial score (nSPS) is 19.3. The molecule has 1 radical (unpaired) electrons. The Kier molecular flexibility index (Phi) is 3.75. The van der Waals surface area contributed by atoms with E-state index in [9.17, 15) is 0 Å². The van der Waals surface area contributed by atoms with E-state index in [0.29, 0.717) is 12.5 Å². The van der Waals surface area contributed by atoms with E-state index in [1.54, 1.807) is 0 Å². The Morgan fingerprint density at radius 1 is 1.13 bits per heavy atom. The first-order chi connectivity index (χ1) is 7.38. The molecule has 2 rings (SSSR count). The lowest BCUT2D eigenvalue weighted by molar-refractivity contribution is 0.169. The van der Waals surface area contributed by atoms with Gasteiger partial charge in [0.05, 0.1) is 0 Å². The van der Waals surface area contributed by atoms with Crippen LogP contribution in [0.25, 0.3) is 0 Å². The molecule has 0 amide bonds. The first-order valence-corrected chi connectivity index (χ1v) is 5.75. The molecule has 0 spiro atoms. The van der Waals surface area contributed by atoms with Crippen LogP contribution in [-0.4, -0.2) is 24.8 Å². The largest absolute Gasteiger partial charge is 0.396 e. The van der Waals surface area contributed by atoms with Gasteiger partial charge >= 0.3 is 0 Å². The van der Waals surface area contributed by atoms with E-state index in [1.165, 1.54) is 5.56 Å². The molecule has 81 valence electrons. The van der Waals surface area contributed by atoms with Crippen molar-refractivity contribution in [1.29, 1.82) is 0 Å². The molecule has 0 atom stereocenters. The minimum Gasteiger partial charge on any atom is -0.396 e. The minimum absolute atomic E-state index is 0.360. The van der Waals surface area contributed by atoms with Crippen molar-refractivity contribution in [2.45, 2.75) is 19.4 Å². The molecule has 0 saturated carbocycles. The van der Waals surface area contributed by atoms with Crippen molar-refractivity contribution in [3.63, 3.8) is 0 Å². The second kappa shape index (κ2) is 5.29. The van der Waals surface area contributed by atoms with Crippen molar-refractivity contribution in [2.24, 2.45) is 5.92 Å². The Morgan fingerprint density at radius 3 is 2.40 bits per heavy atom. The van der Waals surface area contributed by atoms with Crippen LogP contribution in [-0.2, 0) is 6.54 Å². The van der Waals surface area contributed by atoms with E-state index in [0.717, 1.165) is 32.5 Å². The SMILES string of the molecule is OCC1CC[N+](Cc2ccccc2)CC1. The third-order valence-electron chi connectivity index (χ3n) is 3.21. The van der Waals surface area contributed by atoms with Crippen molar-refractivity contribution in [2.75, 3.05) is 19.7 Å². The maximum absolute atomic E-state index is 9.05. The van der Waals surface area contributed by atoms with Gasteiger partial charge in [-0.15, -0.1) is 0 Å². The quantitative estimate of drug-likeness (QED) is 0.747.